The number of nitrogens with zero attached hydrogens (tertiary/aromatic N) is 2. The van der Waals surface area contributed by atoms with Crippen LogP contribution in [-0.2, 0) is 26.2 Å². The van der Waals surface area contributed by atoms with Crippen LogP contribution in [0.1, 0.15) is 49.8 Å². The highest BCUT2D eigenvalue weighted by atomic mass is 32.2. The number of nitrogens with one attached hydrogen (secondary N) is 1. The van der Waals surface area contributed by atoms with E-state index in [1.54, 1.807) is 54.6 Å². The first-order chi connectivity index (χ1) is 18.7. The highest BCUT2D eigenvalue weighted by molar-refractivity contribution is 7.92. The van der Waals surface area contributed by atoms with Crippen molar-refractivity contribution in [2.24, 2.45) is 0 Å². The highest BCUT2D eigenvalue weighted by Crippen LogP contribution is 2.25. The lowest BCUT2D eigenvalue weighted by atomic mass is 10.1. The van der Waals surface area contributed by atoms with Crippen LogP contribution >= 0.6 is 0 Å². The van der Waals surface area contributed by atoms with Gasteiger partial charge in [-0.1, -0.05) is 86.0 Å². The van der Waals surface area contributed by atoms with Crippen LogP contribution in [0.25, 0.3) is 0 Å². The molecular formula is C31H39N3O4S. The summed E-state index contributed by atoms with van der Waals surface area (Å²) in [6, 6.07) is 22.2. The van der Waals surface area contributed by atoms with E-state index in [2.05, 4.69) is 5.32 Å². The minimum Gasteiger partial charge on any atom is -0.354 e. The summed E-state index contributed by atoms with van der Waals surface area (Å²) in [7, 11) is -4.06. The maximum Gasteiger partial charge on any atom is 0.264 e. The maximum absolute atomic E-state index is 14.0. The monoisotopic (exact) mass is 549 g/mol. The number of hydrogen-bond acceptors (Lipinski definition) is 4. The molecule has 0 aliphatic heterocycles. The molecule has 0 spiro atoms. The molecule has 0 bridgehead atoms. The summed E-state index contributed by atoms with van der Waals surface area (Å²) in [5, 5.41) is 2.95. The molecule has 8 heteroatoms. The fourth-order valence-electron chi connectivity index (χ4n) is 4.28. The molecule has 0 heterocycles. The average molecular weight is 550 g/mol. The summed E-state index contributed by atoms with van der Waals surface area (Å²) in [5.74, 6) is -0.688. The van der Waals surface area contributed by atoms with Crippen LogP contribution in [-0.4, -0.2) is 44.3 Å². The Hall–Kier alpha value is -3.65. The van der Waals surface area contributed by atoms with Crippen LogP contribution in [0, 0.1) is 13.8 Å². The Morgan fingerprint density at radius 3 is 2.00 bits per heavy atom. The van der Waals surface area contributed by atoms with E-state index in [0.29, 0.717) is 18.7 Å². The molecule has 7 nitrogen and oxygen atoms in total. The van der Waals surface area contributed by atoms with Gasteiger partial charge in [-0.25, -0.2) is 8.42 Å². The molecular weight excluding hydrogens is 510 g/mol. The van der Waals surface area contributed by atoms with Gasteiger partial charge in [0.25, 0.3) is 10.0 Å². The fourth-order valence-corrected chi connectivity index (χ4v) is 5.69. The number of anilines is 1. The molecule has 208 valence electrons. The number of carbonyl (C=O) groups is 2. The lowest BCUT2D eigenvalue weighted by molar-refractivity contribution is -0.140. The van der Waals surface area contributed by atoms with Gasteiger partial charge in [0, 0.05) is 13.1 Å². The molecule has 0 saturated carbocycles. The van der Waals surface area contributed by atoms with Crippen molar-refractivity contribution < 1.29 is 18.0 Å². The molecule has 0 aromatic heterocycles. The van der Waals surface area contributed by atoms with E-state index in [4.69, 9.17) is 0 Å². The third-order valence-corrected chi connectivity index (χ3v) is 8.41. The highest BCUT2D eigenvalue weighted by Gasteiger charge is 2.33. The van der Waals surface area contributed by atoms with E-state index in [9.17, 15) is 18.0 Å². The number of benzene rings is 3. The lowest BCUT2D eigenvalue weighted by Gasteiger charge is -2.33. The molecule has 3 aromatic rings. The number of para-hydroxylation sites is 1. The Bertz CT molecular complexity index is 1320. The topological polar surface area (TPSA) is 86.8 Å². The largest absolute Gasteiger partial charge is 0.354 e. The second-order valence-electron chi connectivity index (χ2n) is 9.74. The quantitative estimate of drug-likeness (QED) is 0.296. The van der Waals surface area contributed by atoms with Crippen molar-refractivity contribution in [3.8, 4) is 0 Å². The van der Waals surface area contributed by atoms with Crippen molar-refractivity contribution in [1.82, 2.24) is 10.2 Å². The van der Waals surface area contributed by atoms with Crippen molar-refractivity contribution in [3.05, 3.63) is 95.6 Å². The summed E-state index contributed by atoms with van der Waals surface area (Å²) in [6.07, 6.45) is 2.17. The summed E-state index contributed by atoms with van der Waals surface area (Å²) < 4.78 is 28.8. The minimum absolute atomic E-state index is 0.0965. The smallest absolute Gasteiger partial charge is 0.264 e. The van der Waals surface area contributed by atoms with Crippen molar-refractivity contribution in [2.45, 2.75) is 64.4 Å². The molecule has 0 fully saturated rings. The van der Waals surface area contributed by atoms with Gasteiger partial charge in [-0.2, -0.15) is 0 Å². The standard InChI is InChI=1S/C31H39N3O4S/c1-5-7-21-32-31(36)29(6-2)33(22-26-17-13-24(3)14-18-26)30(35)23-34(27-11-9-8-10-12-27)39(37,38)28-19-15-25(4)16-20-28/h8-20,29H,5-7,21-23H2,1-4H3,(H,32,36)/t29-/m0/s1. The molecule has 0 aliphatic carbocycles. The van der Waals surface area contributed by atoms with Crippen LogP contribution in [0.3, 0.4) is 0 Å². The van der Waals surface area contributed by atoms with E-state index in [0.717, 1.165) is 33.8 Å². The van der Waals surface area contributed by atoms with Gasteiger partial charge < -0.3 is 10.2 Å². The first kappa shape index (κ1) is 29.9. The van der Waals surface area contributed by atoms with E-state index < -0.39 is 28.5 Å². The average Bonchev–Trinajstić information content (AvgIpc) is 2.93. The van der Waals surface area contributed by atoms with Crippen molar-refractivity contribution in [3.63, 3.8) is 0 Å². The lowest BCUT2D eigenvalue weighted by Crippen LogP contribution is -2.52. The van der Waals surface area contributed by atoms with Crippen molar-refractivity contribution in [1.29, 1.82) is 0 Å². The van der Waals surface area contributed by atoms with Crippen molar-refractivity contribution >= 4 is 27.5 Å². The zero-order valence-electron chi connectivity index (χ0n) is 23.3. The van der Waals surface area contributed by atoms with Gasteiger partial charge in [-0.3, -0.25) is 13.9 Å². The molecule has 2 amide bonds. The number of aryl methyl sites for hydroxylation is 2. The number of sulfonamides is 1. The first-order valence-electron chi connectivity index (χ1n) is 13.4. The van der Waals surface area contributed by atoms with Crippen LogP contribution < -0.4 is 9.62 Å². The third-order valence-electron chi connectivity index (χ3n) is 6.62. The summed E-state index contributed by atoms with van der Waals surface area (Å²) in [5.41, 5.74) is 3.25. The van der Waals surface area contributed by atoms with Crippen LogP contribution in [0.15, 0.2) is 83.8 Å². The molecule has 39 heavy (non-hydrogen) atoms. The fraction of sp³-hybridized carbons (Fsp3) is 0.355. The second kappa shape index (κ2) is 13.9. The Morgan fingerprint density at radius 1 is 0.846 bits per heavy atom. The Labute approximate surface area is 232 Å². The van der Waals surface area contributed by atoms with Gasteiger partial charge in [0.1, 0.15) is 12.6 Å². The molecule has 1 atom stereocenters. The zero-order valence-corrected chi connectivity index (χ0v) is 24.1. The molecule has 0 unspecified atom stereocenters. The number of unbranched alkanes of at least 4 members (excludes halogenated alkanes) is 1. The molecule has 0 aliphatic rings. The SMILES string of the molecule is CCCCNC(=O)[C@H](CC)N(Cc1ccc(C)cc1)C(=O)CN(c1ccccc1)S(=O)(=O)c1ccc(C)cc1. The maximum atomic E-state index is 14.0. The predicted octanol–water partition coefficient (Wildman–Crippen LogP) is 5.22. The molecule has 0 radical (unpaired) electrons. The number of hydrogen-bond donors (Lipinski definition) is 1. The number of rotatable bonds is 13. The van der Waals surface area contributed by atoms with E-state index in [-0.39, 0.29) is 17.3 Å². The molecule has 3 rings (SSSR count). The van der Waals surface area contributed by atoms with Gasteiger partial charge in [-0.05, 0) is 56.5 Å². The number of carbonyl (C=O) groups excluding carboxylic acids is 2. The van der Waals surface area contributed by atoms with Crippen LogP contribution in [0.4, 0.5) is 5.69 Å². The van der Waals surface area contributed by atoms with Gasteiger partial charge in [0.2, 0.25) is 11.8 Å². The van der Waals surface area contributed by atoms with Gasteiger partial charge in [0.15, 0.2) is 0 Å². The summed E-state index contributed by atoms with van der Waals surface area (Å²) in [4.78, 5) is 28.8. The van der Waals surface area contributed by atoms with Gasteiger partial charge in [-0.15, -0.1) is 0 Å². The second-order valence-corrected chi connectivity index (χ2v) is 11.6. The Balaban J connectivity index is 2.00. The van der Waals surface area contributed by atoms with Gasteiger partial charge in [0.05, 0.1) is 10.6 Å². The molecule has 3 aromatic carbocycles. The van der Waals surface area contributed by atoms with E-state index in [1.165, 1.54) is 4.90 Å². The van der Waals surface area contributed by atoms with Crippen LogP contribution in [0.2, 0.25) is 0 Å². The Kier molecular flexibility index (Phi) is 10.7. The van der Waals surface area contributed by atoms with E-state index >= 15 is 0 Å². The van der Waals surface area contributed by atoms with E-state index in [1.807, 2.05) is 52.0 Å². The third kappa shape index (κ3) is 7.93. The molecule has 0 saturated heterocycles. The minimum atomic E-state index is -4.06. The summed E-state index contributed by atoms with van der Waals surface area (Å²) >= 11 is 0. The first-order valence-corrected chi connectivity index (χ1v) is 14.9. The Morgan fingerprint density at radius 2 is 1.44 bits per heavy atom. The number of amides is 2. The zero-order chi connectivity index (χ0) is 28.4. The van der Waals surface area contributed by atoms with Crippen molar-refractivity contribution in [2.75, 3.05) is 17.4 Å². The summed E-state index contributed by atoms with van der Waals surface area (Å²) in [6.45, 7) is 8.04. The molecule has 1 N–H and O–H groups in total. The predicted molar refractivity (Wildman–Crippen MR) is 156 cm³/mol. The normalized spacial score (nSPS) is 12.0. The van der Waals surface area contributed by atoms with Crippen LogP contribution in [0.5, 0.6) is 0 Å². The van der Waals surface area contributed by atoms with Gasteiger partial charge >= 0.3 is 0 Å².